The predicted molar refractivity (Wildman–Crippen MR) is 75.0 cm³/mol. The Morgan fingerprint density at radius 1 is 1.28 bits per heavy atom. The molecule has 0 unspecified atom stereocenters. The van der Waals surface area contributed by atoms with Crippen molar-refractivity contribution < 1.29 is 0 Å². The van der Waals surface area contributed by atoms with E-state index >= 15 is 0 Å². The van der Waals surface area contributed by atoms with Gasteiger partial charge in [0.1, 0.15) is 5.82 Å². The third kappa shape index (κ3) is 2.55. The topological polar surface area (TPSA) is 44.9 Å². The van der Waals surface area contributed by atoms with Crippen LogP contribution in [-0.2, 0) is 0 Å². The summed E-state index contributed by atoms with van der Waals surface area (Å²) in [6.07, 6.45) is 5.31. The van der Waals surface area contributed by atoms with Crippen LogP contribution >= 0.6 is 0 Å². The molecule has 1 heterocycles. The zero-order valence-corrected chi connectivity index (χ0v) is 10.4. The van der Waals surface area contributed by atoms with E-state index in [9.17, 15) is 4.79 Å². The quantitative estimate of drug-likeness (QED) is 0.791. The summed E-state index contributed by atoms with van der Waals surface area (Å²) in [4.78, 5) is 14.7. The molecule has 18 heavy (non-hydrogen) atoms. The molecule has 0 bridgehead atoms. The van der Waals surface area contributed by atoms with E-state index in [1.54, 1.807) is 0 Å². The van der Waals surface area contributed by atoms with E-state index in [4.69, 9.17) is 0 Å². The third-order valence-corrected chi connectivity index (χ3v) is 3.55. The lowest BCUT2D eigenvalue weighted by Gasteiger charge is -2.07. The van der Waals surface area contributed by atoms with Crippen LogP contribution in [0, 0.1) is 5.92 Å². The van der Waals surface area contributed by atoms with Crippen LogP contribution < -0.4 is 10.9 Å². The monoisotopic (exact) mass is 242 g/mol. The molecule has 0 saturated heterocycles. The van der Waals surface area contributed by atoms with Gasteiger partial charge in [0.05, 0.1) is 0 Å². The standard InChI is InChI=1S/C15H18N2O/c18-15-13-6-2-1-5-12(13)10-14(17-15)16-9-3-4-11-7-8-11/h1-2,5-6,10-11H,3-4,7-9H2,(H2,16,17,18). The Hall–Kier alpha value is -1.77. The minimum absolute atomic E-state index is 0.0159. The number of H-pyrrole nitrogens is 1. The Bertz CT molecular complexity index is 599. The molecule has 3 nitrogen and oxygen atoms in total. The highest BCUT2D eigenvalue weighted by molar-refractivity contribution is 5.83. The van der Waals surface area contributed by atoms with Crippen LogP contribution in [0.2, 0.25) is 0 Å². The maximum atomic E-state index is 11.9. The van der Waals surface area contributed by atoms with Crippen LogP contribution in [0.15, 0.2) is 35.1 Å². The molecule has 94 valence electrons. The predicted octanol–water partition coefficient (Wildman–Crippen LogP) is 3.13. The SMILES string of the molecule is O=c1[nH]c(NCCCC2CC2)cc2ccccc12. The summed E-state index contributed by atoms with van der Waals surface area (Å²) in [5, 5.41) is 5.05. The molecule has 2 aromatic rings. The van der Waals surface area contributed by atoms with Crippen LogP contribution in [0.25, 0.3) is 10.8 Å². The molecule has 2 N–H and O–H groups in total. The number of aromatic nitrogens is 1. The number of fused-ring (bicyclic) bond motifs is 1. The molecule has 1 aromatic heterocycles. The first-order valence-electron chi connectivity index (χ1n) is 6.69. The first-order valence-corrected chi connectivity index (χ1v) is 6.69. The Morgan fingerprint density at radius 3 is 2.94 bits per heavy atom. The summed E-state index contributed by atoms with van der Waals surface area (Å²) in [6.45, 7) is 0.935. The zero-order valence-electron chi connectivity index (χ0n) is 10.4. The van der Waals surface area contributed by atoms with Gasteiger partial charge >= 0.3 is 0 Å². The second-order valence-corrected chi connectivity index (χ2v) is 5.11. The smallest absolute Gasteiger partial charge is 0.257 e. The number of nitrogens with one attached hydrogen (secondary N) is 2. The fourth-order valence-electron chi connectivity index (χ4n) is 2.33. The van der Waals surface area contributed by atoms with Crippen molar-refractivity contribution in [2.75, 3.05) is 11.9 Å². The number of benzene rings is 1. The molecule has 1 aliphatic carbocycles. The van der Waals surface area contributed by atoms with E-state index in [2.05, 4.69) is 10.3 Å². The van der Waals surface area contributed by atoms with Gasteiger partial charge in [-0.2, -0.15) is 0 Å². The van der Waals surface area contributed by atoms with Gasteiger partial charge in [-0.25, -0.2) is 0 Å². The summed E-state index contributed by atoms with van der Waals surface area (Å²) in [6, 6.07) is 9.68. The van der Waals surface area contributed by atoms with Crippen LogP contribution in [-0.4, -0.2) is 11.5 Å². The Kier molecular flexibility index (Phi) is 3.05. The van der Waals surface area contributed by atoms with E-state index in [-0.39, 0.29) is 5.56 Å². The average molecular weight is 242 g/mol. The molecular weight excluding hydrogens is 224 g/mol. The summed E-state index contributed by atoms with van der Waals surface area (Å²) in [7, 11) is 0. The first-order chi connectivity index (χ1) is 8.83. The molecule has 0 amide bonds. The minimum atomic E-state index is -0.0159. The summed E-state index contributed by atoms with van der Waals surface area (Å²) in [5.74, 6) is 1.80. The van der Waals surface area contributed by atoms with Crippen LogP contribution in [0.4, 0.5) is 5.82 Å². The van der Waals surface area contributed by atoms with Crippen LogP contribution in [0.1, 0.15) is 25.7 Å². The van der Waals surface area contributed by atoms with Crippen LogP contribution in [0.3, 0.4) is 0 Å². The maximum Gasteiger partial charge on any atom is 0.257 e. The van der Waals surface area contributed by atoms with Gasteiger partial charge in [0.2, 0.25) is 0 Å². The molecule has 1 saturated carbocycles. The van der Waals surface area contributed by atoms with Gasteiger partial charge in [0.15, 0.2) is 0 Å². The number of aromatic amines is 1. The van der Waals surface area contributed by atoms with Crippen molar-refractivity contribution in [3.05, 3.63) is 40.7 Å². The summed E-state index contributed by atoms with van der Waals surface area (Å²) < 4.78 is 0. The van der Waals surface area contributed by atoms with Gasteiger partial charge in [-0.05, 0) is 36.3 Å². The molecule has 0 atom stereocenters. The largest absolute Gasteiger partial charge is 0.372 e. The highest BCUT2D eigenvalue weighted by Gasteiger charge is 2.19. The molecule has 3 heteroatoms. The normalized spacial score (nSPS) is 14.9. The number of rotatable bonds is 5. The highest BCUT2D eigenvalue weighted by atomic mass is 16.1. The zero-order chi connectivity index (χ0) is 12.4. The summed E-state index contributed by atoms with van der Waals surface area (Å²) in [5.41, 5.74) is -0.0159. The Labute approximate surface area is 106 Å². The van der Waals surface area contributed by atoms with Crippen molar-refractivity contribution in [3.8, 4) is 0 Å². The molecule has 3 rings (SSSR count). The lowest BCUT2D eigenvalue weighted by molar-refractivity contribution is 0.686. The van der Waals surface area contributed by atoms with Crippen molar-refractivity contribution in [3.63, 3.8) is 0 Å². The number of pyridine rings is 1. The number of anilines is 1. The van der Waals surface area contributed by atoms with Gasteiger partial charge in [0.25, 0.3) is 5.56 Å². The van der Waals surface area contributed by atoms with E-state index in [1.165, 1.54) is 25.7 Å². The van der Waals surface area contributed by atoms with Gasteiger partial charge in [-0.1, -0.05) is 31.0 Å². The fraction of sp³-hybridized carbons (Fsp3) is 0.400. The lowest BCUT2D eigenvalue weighted by Crippen LogP contribution is -2.11. The first kappa shape index (κ1) is 11.3. The van der Waals surface area contributed by atoms with E-state index in [1.807, 2.05) is 30.3 Å². The summed E-state index contributed by atoms with van der Waals surface area (Å²) >= 11 is 0. The molecule has 1 aromatic carbocycles. The third-order valence-electron chi connectivity index (χ3n) is 3.55. The second kappa shape index (κ2) is 4.84. The fourth-order valence-corrected chi connectivity index (χ4v) is 2.33. The van der Waals surface area contributed by atoms with Crippen molar-refractivity contribution in [2.45, 2.75) is 25.7 Å². The van der Waals surface area contributed by atoms with Gasteiger partial charge in [-0.15, -0.1) is 0 Å². The number of hydrogen-bond donors (Lipinski definition) is 2. The average Bonchev–Trinajstić information content (AvgIpc) is 3.19. The van der Waals surface area contributed by atoms with Gasteiger partial charge in [-0.3, -0.25) is 4.79 Å². The molecule has 0 aliphatic heterocycles. The van der Waals surface area contributed by atoms with Crippen molar-refractivity contribution in [1.29, 1.82) is 0 Å². The minimum Gasteiger partial charge on any atom is -0.372 e. The molecule has 1 aliphatic rings. The molecule has 1 fully saturated rings. The van der Waals surface area contributed by atoms with E-state index in [0.29, 0.717) is 0 Å². The van der Waals surface area contributed by atoms with Crippen molar-refractivity contribution in [1.82, 2.24) is 4.98 Å². The Morgan fingerprint density at radius 2 is 2.11 bits per heavy atom. The second-order valence-electron chi connectivity index (χ2n) is 5.11. The molecule has 0 radical (unpaired) electrons. The molecular formula is C15H18N2O. The van der Waals surface area contributed by atoms with E-state index < -0.39 is 0 Å². The molecule has 0 spiro atoms. The Balaban J connectivity index is 1.69. The maximum absolute atomic E-state index is 11.9. The van der Waals surface area contributed by atoms with Crippen molar-refractivity contribution >= 4 is 16.6 Å². The van der Waals surface area contributed by atoms with E-state index in [0.717, 1.165) is 29.1 Å². The highest BCUT2D eigenvalue weighted by Crippen LogP contribution is 2.33. The number of hydrogen-bond acceptors (Lipinski definition) is 2. The van der Waals surface area contributed by atoms with Crippen LogP contribution in [0.5, 0.6) is 0 Å². The lowest BCUT2D eigenvalue weighted by atomic mass is 10.2. The van der Waals surface area contributed by atoms with Gasteiger partial charge in [0, 0.05) is 11.9 Å². The van der Waals surface area contributed by atoms with Gasteiger partial charge < -0.3 is 10.3 Å². The van der Waals surface area contributed by atoms with Crippen molar-refractivity contribution in [2.24, 2.45) is 5.92 Å².